The standard InChI is InChI=1S/C11H21NO/c1-3-4-5-6-7-8-9-10-11(13)12-2/h5-6H,3-4,7-10H2,1-2H3,(H,12,13)/b6-5-. The van der Waals surface area contributed by atoms with Crippen molar-refractivity contribution in [1.82, 2.24) is 5.32 Å². The van der Waals surface area contributed by atoms with Crippen molar-refractivity contribution in [3.63, 3.8) is 0 Å². The van der Waals surface area contributed by atoms with E-state index in [2.05, 4.69) is 24.4 Å². The molecule has 13 heavy (non-hydrogen) atoms. The van der Waals surface area contributed by atoms with Crippen molar-refractivity contribution in [1.29, 1.82) is 0 Å². The molecule has 0 aromatic heterocycles. The molecule has 2 heteroatoms. The van der Waals surface area contributed by atoms with Gasteiger partial charge in [-0.3, -0.25) is 4.79 Å². The van der Waals surface area contributed by atoms with Gasteiger partial charge >= 0.3 is 0 Å². The summed E-state index contributed by atoms with van der Waals surface area (Å²) in [4.78, 5) is 10.8. The largest absolute Gasteiger partial charge is 0.359 e. The van der Waals surface area contributed by atoms with E-state index in [0.29, 0.717) is 6.42 Å². The highest BCUT2D eigenvalue weighted by molar-refractivity contribution is 5.75. The molecule has 1 amide bonds. The van der Waals surface area contributed by atoms with E-state index in [0.717, 1.165) is 19.3 Å². The van der Waals surface area contributed by atoms with Crippen LogP contribution in [-0.4, -0.2) is 13.0 Å². The Hall–Kier alpha value is -0.790. The third-order valence-corrected chi connectivity index (χ3v) is 1.93. The third-order valence-electron chi connectivity index (χ3n) is 1.93. The number of carbonyl (C=O) groups is 1. The van der Waals surface area contributed by atoms with Crippen molar-refractivity contribution < 1.29 is 4.79 Å². The van der Waals surface area contributed by atoms with Crippen LogP contribution in [0, 0.1) is 0 Å². The van der Waals surface area contributed by atoms with Gasteiger partial charge in [-0.2, -0.15) is 0 Å². The van der Waals surface area contributed by atoms with Crippen molar-refractivity contribution in [3.05, 3.63) is 12.2 Å². The minimum Gasteiger partial charge on any atom is -0.359 e. The van der Waals surface area contributed by atoms with Gasteiger partial charge in [-0.25, -0.2) is 0 Å². The number of hydrogen-bond acceptors (Lipinski definition) is 1. The second kappa shape index (κ2) is 9.30. The maximum absolute atomic E-state index is 10.8. The normalized spacial score (nSPS) is 10.6. The molecule has 0 atom stereocenters. The Balaban J connectivity index is 3.12. The molecular formula is C11H21NO. The summed E-state index contributed by atoms with van der Waals surface area (Å²) in [6, 6.07) is 0. The minimum absolute atomic E-state index is 0.150. The molecule has 0 radical (unpaired) electrons. The van der Waals surface area contributed by atoms with E-state index in [4.69, 9.17) is 0 Å². The zero-order valence-electron chi connectivity index (χ0n) is 8.81. The van der Waals surface area contributed by atoms with Crippen LogP contribution in [0.4, 0.5) is 0 Å². The summed E-state index contributed by atoms with van der Waals surface area (Å²) in [7, 11) is 1.68. The lowest BCUT2D eigenvalue weighted by molar-refractivity contribution is -0.120. The maximum Gasteiger partial charge on any atom is 0.219 e. The predicted molar refractivity (Wildman–Crippen MR) is 56.6 cm³/mol. The molecule has 76 valence electrons. The van der Waals surface area contributed by atoms with Gasteiger partial charge in [0.05, 0.1) is 0 Å². The lowest BCUT2D eigenvalue weighted by Gasteiger charge is -1.97. The zero-order valence-corrected chi connectivity index (χ0v) is 8.81. The Kier molecular flexibility index (Phi) is 8.73. The quantitative estimate of drug-likeness (QED) is 0.477. The van der Waals surface area contributed by atoms with Crippen molar-refractivity contribution in [2.24, 2.45) is 0 Å². The maximum atomic E-state index is 10.8. The summed E-state index contributed by atoms with van der Waals surface area (Å²) in [5.41, 5.74) is 0. The summed E-state index contributed by atoms with van der Waals surface area (Å²) in [6.45, 7) is 2.18. The fraction of sp³-hybridized carbons (Fsp3) is 0.727. The van der Waals surface area contributed by atoms with Crippen molar-refractivity contribution in [2.75, 3.05) is 7.05 Å². The van der Waals surface area contributed by atoms with Gasteiger partial charge in [-0.15, -0.1) is 0 Å². The van der Waals surface area contributed by atoms with E-state index in [1.165, 1.54) is 12.8 Å². The Labute approximate surface area is 81.4 Å². The van der Waals surface area contributed by atoms with Crippen molar-refractivity contribution in [2.45, 2.75) is 45.4 Å². The number of nitrogens with one attached hydrogen (secondary N) is 1. The molecule has 0 aromatic rings. The molecule has 2 nitrogen and oxygen atoms in total. The lowest BCUT2D eigenvalue weighted by atomic mass is 10.1. The first-order valence-corrected chi connectivity index (χ1v) is 5.16. The topological polar surface area (TPSA) is 29.1 Å². The van der Waals surface area contributed by atoms with E-state index in [1.807, 2.05) is 0 Å². The number of hydrogen-bond donors (Lipinski definition) is 1. The molecule has 0 aliphatic rings. The van der Waals surface area contributed by atoms with Crippen LogP contribution in [0.3, 0.4) is 0 Å². The molecule has 0 saturated heterocycles. The summed E-state index contributed by atoms with van der Waals surface area (Å²) < 4.78 is 0. The molecule has 0 spiro atoms. The molecule has 0 aliphatic carbocycles. The Morgan fingerprint density at radius 3 is 2.54 bits per heavy atom. The third kappa shape index (κ3) is 9.12. The van der Waals surface area contributed by atoms with Crippen LogP contribution in [0.25, 0.3) is 0 Å². The molecule has 0 saturated carbocycles. The van der Waals surface area contributed by atoms with Gasteiger partial charge in [-0.05, 0) is 25.7 Å². The molecule has 0 unspecified atom stereocenters. The first-order valence-electron chi connectivity index (χ1n) is 5.16. The van der Waals surface area contributed by atoms with Crippen LogP contribution in [0.15, 0.2) is 12.2 Å². The molecule has 0 heterocycles. The highest BCUT2D eigenvalue weighted by Gasteiger charge is 1.95. The van der Waals surface area contributed by atoms with Crippen molar-refractivity contribution in [3.8, 4) is 0 Å². The molecular weight excluding hydrogens is 162 g/mol. The monoisotopic (exact) mass is 183 g/mol. The molecule has 0 aromatic carbocycles. The molecule has 0 bridgehead atoms. The van der Waals surface area contributed by atoms with Crippen molar-refractivity contribution >= 4 is 5.91 Å². The first kappa shape index (κ1) is 12.2. The number of unbranched alkanes of at least 4 members (excludes halogenated alkanes) is 3. The minimum atomic E-state index is 0.150. The lowest BCUT2D eigenvalue weighted by Crippen LogP contribution is -2.16. The van der Waals surface area contributed by atoms with Gasteiger partial charge in [-0.1, -0.05) is 25.5 Å². The first-order chi connectivity index (χ1) is 6.31. The van der Waals surface area contributed by atoms with Crippen LogP contribution in [0.2, 0.25) is 0 Å². The van der Waals surface area contributed by atoms with Gasteiger partial charge in [0.25, 0.3) is 0 Å². The predicted octanol–water partition coefficient (Wildman–Crippen LogP) is 2.65. The Morgan fingerprint density at radius 2 is 1.92 bits per heavy atom. The van der Waals surface area contributed by atoms with E-state index in [1.54, 1.807) is 7.05 Å². The Bertz CT molecular complexity index is 152. The summed E-state index contributed by atoms with van der Waals surface area (Å²) in [5, 5.41) is 2.62. The van der Waals surface area contributed by atoms with Gasteiger partial charge in [0.15, 0.2) is 0 Å². The SMILES string of the molecule is CCC/C=C\CCCCC(=O)NC. The van der Waals surface area contributed by atoms with Gasteiger partial charge in [0.2, 0.25) is 5.91 Å². The van der Waals surface area contributed by atoms with Crippen LogP contribution in [0.5, 0.6) is 0 Å². The number of allylic oxidation sites excluding steroid dienone is 2. The smallest absolute Gasteiger partial charge is 0.219 e. The summed E-state index contributed by atoms with van der Waals surface area (Å²) in [5.74, 6) is 0.150. The fourth-order valence-electron chi connectivity index (χ4n) is 1.08. The van der Waals surface area contributed by atoms with Gasteiger partial charge in [0.1, 0.15) is 0 Å². The highest BCUT2D eigenvalue weighted by Crippen LogP contribution is 2.01. The number of rotatable bonds is 7. The van der Waals surface area contributed by atoms with Crippen LogP contribution < -0.4 is 5.32 Å². The molecule has 0 fully saturated rings. The average Bonchev–Trinajstić information content (AvgIpc) is 2.16. The summed E-state index contributed by atoms with van der Waals surface area (Å²) >= 11 is 0. The van der Waals surface area contributed by atoms with E-state index < -0.39 is 0 Å². The average molecular weight is 183 g/mol. The second-order valence-corrected chi connectivity index (χ2v) is 3.18. The van der Waals surface area contributed by atoms with E-state index >= 15 is 0 Å². The number of carbonyl (C=O) groups excluding carboxylic acids is 1. The number of amides is 1. The second-order valence-electron chi connectivity index (χ2n) is 3.18. The van der Waals surface area contributed by atoms with Gasteiger partial charge in [0, 0.05) is 13.5 Å². The zero-order chi connectivity index (χ0) is 9.94. The summed E-state index contributed by atoms with van der Waals surface area (Å²) in [6.07, 6.45) is 10.7. The van der Waals surface area contributed by atoms with Crippen LogP contribution >= 0.6 is 0 Å². The molecule has 0 aliphatic heterocycles. The van der Waals surface area contributed by atoms with Crippen LogP contribution in [0.1, 0.15) is 45.4 Å². The van der Waals surface area contributed by atoms with Crippen LogP contribution in [-0.2, 0) is 4.79 Å². The molecule has 0 rings (SSSR count). The Morgan fingerprint density at radius 1 is 1.23 bits per heavy atom. The van der Waals surface area contributed by atoms with E-state index in [-0.39, 0.29) is 5.91 Å². The highest BCUT2D eigenvalue weighted by atomic mass is 16.1. The van der Waals surface area contributed by atoms with Gasteiger partial charge < -0.3 is 5.32 Å². The van der Waals surface area contributed by atoms with E-state index in [9.17, 15) is 4.79 Å². The molecule has 1 N–H and O–H groups in total. The fourth-order valence-corrected chi connectivity index (χ4v) is 1.08.